The topological polar surface area (TPSA) is 89.6 Å². The van der Waals surface area contributed by atoms with E-state index >= 15 is 0 Å². The fourth-order valence-corrected chi connectivity index (χ4v) is 1.61. The molecule has 0 spiro atoms. The maximum atomic E-state index is 10.5. The first-order valence-electron chi connectivity index (χ1n) is 5.94. The minimum atomic E-state index is -1.03. The van der Waals surface area contributed by atoms with Crippen molar-refractivity contribution in [2.75, 3.05) is 6.61 Å². The number of aromatic nitrogens is 3. The molecule has 1 aromatic heterocycles. The van der Waals surface area contributed by atoms with Gasteiger partial charge < -0.3 is 9.84 Å². The number of hydrogen-bond acceptors (Lipinski definition) is 5. The number of carbonyl (C=O) groups is 1. The number of ether oxygens (including phenoxy) is 1. The smallest absolute Gasteiger partial charge is 0.341 e. The predicted molar refractivity (Wildman–Crippen MR) is 72.1 cm³/mol. The molecular weight excluding hydrogens is 260 g/mol. The Hall–Kier alpha value is -2.70. The molecule has 0 saturated heterocycles. The van der Waals surface area contributed by atoms with Gasteiger partial charge in [0, 0.05) is 5.56 Å². The fourth-order valence-electron chi connectivity index (χ4n) is 1.61. The van der Waals surface area contributed by atoms with E-state index in [1.807, 2.05) is 6.07 Å². The summed E-state index contributed by atoms with van der Waals surface area (Å²) in [5.41, 5.74) is 0.682. The summed E-state index contributed by atoms with van der Waals surface area (Å²) in [4.78, 5) is 10.5. The van der Waals surface area contributed by atoms with Crippen molar-refractivity contribution in [1.29, 1.82) is 0 Å². The van der Waals surface area contributed by atoms with Crippen LogP contribution < -0.4 is 4.74 Å². The summed E-state index contributed by atoms with van der Waals surface area (Å²) in [5, 5.41) is 20.7. The van der Waals surface area contributed by atoms with Crippen LogP contribution in [-0.2, 0) is 4.79 Å². The van der Waals surface area contributed by atoms with Gasteiger partial charge in [-0.25, -0.2) is 9.47 Å². The molecular formula is C13H14N4O3. The molecule has 2 rings (SSSR count). The van der Waals surface area contributed by atoms with Crippen molar-refractivity contribution in [2.24, 2.45) is 5.10 Å². The number of carboxylic acids is 1. The third-order valence-corrected chi connectivity index (χ3v) is 2.53. The van der Waals surface area contributed by atoms with E-state index in [1.54, 1.807) is 42.9 Å². The van der Waals surface area contributed by atoms with Crippen molar-refractivity contribution in [3.63, 3.8) is 0 Å². The highest BCUT2D eigenvalue weighted by Gasteiger charge is 2.05. The van der Waals surface area contributed by atoms with Crippen LogP contribution in [0.2, 0.25) is 0 Å². The molecule has 1 aromatic carbocycles. The maximum Gasteiger partial charge on any atom is 0.341 e. The standard InChI is InChI=1S/C13H14N4O3/c1-9-15-16-10(2)17(9)14-7-11-5-3-4-6-12(11)20-8-13(18)19/h3-7H,8H2,1-2H3,(H,18,19)/b14-7-. The molecule has 0 radical (unpaired) electrons. The predicted octanol–water partition coefficient (Wildman–Crippen LogP) is 1.24. The summed E-state index contributed by atoms with van der Waals surface area (Å²) in [6, 6.07) is 7.07. The Bertz CT molecular complexity index is 629. The van der Waals surface area contributed by atoms with E-state index in [4.69, 9.17) is 9.84 Å². The molecule has 0 aliphatic heterocycles. The Labute approximate surface area is 115 Å². The van der Waals surface area contributed by atoms with Crippen LogP contribution in [0.3, 0.4) is 0 Å². The van der Waals surface area contributed by atoms with Crippen LogP contribution in [0.4, 0.5) is 0 Å². The van der Waals surface area contributed by atoms with Crippen molar-refractivity contribution in [2.45, 2.75) is 13.8 Å². The summed E-state index contributed by atoms with van der Waals surface area (Å²) >= 11 is 0. The number of hydrogen-bond donors (Lipinski definition) is 1. The van der Waals surface area contributed by atoms with Gasteiger partial charge in [-0.1, -0.05) is 12.1 Å². The third-order valence-electron chi connectivity index (χ3n) is 2.53. The second kappa shape index (κ2) is 5.96. The van der Waals surface area contributed by atoms with Crippen LogP contribution in [-0.4, -0.2) is 38.8 Å². The largest absolute Gasteiger partial charge is 0.481 e. The van der Waals surface area contributed by atoms with Gasteiger partial charge in [-0.15, -0.1) is 10.2 Å². The van der Waals surface area contributed by atoms with E-state index in [0.717, 1.165) is 0 Å². The van der Waals surface area contributed by atoms with Gasteiger partial charge in [-0.05, 0) is 26.0 Å². The van der Waals surface area contributed by atoms with Crippen molar-refractivity contribution in [1.82, 2.24) is 14.9 Å². The Kier molecular flexibility index (Phi) is 4.09. The number of para-hydroxylation sites is 1. The molecule has 0 bridgehead atoms. The number of aliphatic carboxylic acids is 1. The first-order valence-corrected chi connectivity index (χ1v) is 5.94. The minimum Gasteiger partial charge on any atom is -0.481 e. The Morgan fingerprint density at radius 1 is 1.35 bits per heavy atom. The van der Waals surface area contributed by atoms with Gasteiger partial charge in [0.1, 0.15) is 5.75 Å². The van der Waals surface area contributed by atoms with Gasteiger partial charge >= 0.3 is 5.97 Å². The third kappa shape index (κ3) is 3.19. The van der Waals surface area contributed by atoms with Crippen LogP contribution >= 0.6 is 0 Å². The number of nitrogens with zero attached hydrogens (tertiary/aromatic N) is 4. The monoisotopic (exact) mass is 274 g/mol. The van der Waals surface area contributed by atoms with Gasteiger partial charge in [0.05, 0.1) is 6.21 Å². The highest BCUT2D eigenvalue weighted by Crippen LogP contribution is 2.16. The lowest BCUT2D eigenvalue weighted by Gasteiger charge is -2.06. The molecule has 7 nitrogen and oxygen atoms in total. The number of aryl methyl sites for hydroxylation is 2. The first kappa shape index (κ1) is 13.7. The SMILES string of the molecule is Cc1nnc(C)n1/N=C\c1ccccc1OCC(=O)O. The van der Waals surface area contributed by atoms with Crippen molar-refractivity contribution in [3.05, 3.63) is 41.5 Å². The van der Waals surface area contributed by atoms with E-state index in [2.05, 4.69) is 15.3 Å². The average molecular weight is 274 g/mol. The van der Waals surface area contributed by atoms with Crippen molar-refractivity contribution < 1.29 is 14.6 Å². The molecule has 0 amide bonds. The minimum absolute atomic E-state index is 0.393. The lowest BCUT2D eigenvalue weighted by molar-refractivity contribution is -0.139. The number of rotatable bonds is 5. The van der Waals surface area contributed by atoms with Crippen LogP contribution in [0.1, 0.15) is 17.2 Å². The summed E-state index contributed by atoms with van der Waals surface area (Å²) in [6.07, 6.45) is 1.58. The molecule has 2 aromatic rings. The van der Waals surface area contributed by atoms with E-state index in [-0.39, 0.29) is 0 Å². The summed E-state index contributed by atoms with van der Waals surface area (Å²) in [7, 11) is 0. The zero-order valence-electron chi connectivity index (χ0n) is 11.1. The second-order valence-electron chi connectivity index (χ2n) is 4.07. The number of benzene rings is 1. The Balaban J connectivity index is 2.23. The van der Waals surface area contributed by atoms with Gasteiger partial charge in [0.15, 0.2) is 18.3 Å². The molecule has 0 fully saturated rings. The molecule has 0 aliphatic carbocycles. The van der Waals surface area contributed by atoms with E-state index in [0.29, 0.717) is 23.0 Å². The van der Waals surface area contributed by atoms with Crippen molar-refractivity contribution >= 4 is 12.2 Å². The normalized spacial score (nSPS) is 10.9. The molecule has 0 saturated carbocycles. The average Bonchev–Trinajstić information content (AvgIpc) is 2.74. The zero-order valence-corrected chi connectivity index (χ0v) is 11.1. The van der Waals surface area contributed by atoms with Gasteiger partial charge in [-0.2, -0.15) is 5.10 Å². The van der Waals surface area contributed by atoms with E-state index in [9.17, 15) is 4.79 Å². The maximum absolute atomic E-state index is 10.5. The quantitative estimate of drug-likeness (QED) is 0.828. The highest BCUT2D eigenvalue weighted by atomic mass is 16.5. The fraction of sp³-hybridized carbons (Fsp3) is 0.231. The molecule has 0 aliphatic rings. The van der Waals surface area contributed by atoms with Crippen LogP contribution in [0.5, 0.6) is 5.75 Å². The lowest BCUT2D eigenvalue weighted by atomic mass is 10.2. The molecule has 7 heteroatoms. The first-order chi connectivity index (χ1) is 9.58. The van der Waals surface area contributed by atoms with Crippen LogP contribution in [0.25, 0.3) is 0 Å². The molecule has 0 atom stereocenters. The van der Waals surface area contributed by atoms with E-state index < -0.39 is 12.6 Å². The summed E-state index contributed by atoms with van der Waals surface area (Å²) in [6.45, 7) is 3.20. The van der Waals surface area contributed by atoms with Crippen LogP contribution in [0.15, 0.2) is 29.4 Å². The number of carboxylic acid groups (broad SMARTS) is 1. The molecule has 20 heavy (non-hydrogen) atoms. The summed E-state index contributed by atoms with van der Waals surface area (Å²) < 4.78 is 6.79. The lowest BCUT2D eigenvalue weighted by Crippen LogP contribution is -2.10. The van der Waals surface area contributed by atoms with Crippen LogP contribution in [0, 0.1) is 13.8 Å². The highest BCUT2D eigenvalue weighted by molar-refractivity contribution is 5.83. The molecule has 104 valence electrons. The second-order valence-corrected chi connectivity index (χ2v) is 4.07. The zero-order chi connectivity index (χ0) is 14.5. The Morgan fingerprint density at radius 3 is 2.65 bits per heavy atom. The Morgan fingerprint density at radius 2 is 2.00 bits per heavy atom. The van der Waals surface area contributed by atoms with E-state index in [1.165, 1.54) is 0 Å². The molecule has 1 N–H and O–H groups in total. The van der Waals surface area contributed by atoms with Gasteiger partial charge in [0.2, 0.25) is 0 Å². The molecule has 1 heterocycles. The molecule has 0 unspecified atom stereocenters. The van der Waals surface area contributed by atoms with Gasteiger partial charge in [0.25, 0.3) is 0 Å². The van der Waals surface area contributed by atoms with Crippen molar-refractivity contribution in [3.8, 4) is 5.75 Å². The van der Waals surface area contributed by atoms with Gasteiger partial charge in [-0.3, -0.25) is 0 Å². The summed E-state index contributed by atoms with van der Waals surface area (Å²) in [5.74, 6) is 0.773.